The Labute approximate surface area is 146 Å². The highest BCUT2D eigenvalue weighted by Gasteiger charge is 2.24. The van der Waals surface area contributed by atoms with E-state index in [0.29, 0.717) is 5.92 Å². The van der Waals surface area contributed by atoms with Crippen molar-refractivity contribution >= 4 is 16.5 Å². The first kappa shape index (κ1) is 17.3. The number of methoxy groups -OCH3 is 1. The van der Waals surface area contributed by atoms with Gasteiger partial charge >= 0.3 is 0 Å². The first-order valence-corrected chi connectivity index (χ1v) is 9.17. The highest BCUT2D eigenvalue weighted by Crippen LogP contribution is 2.28. The maximum absolute atomic E-state index is 13.0. The first-order chi connectivity index (χ1) is 11.7. The number of hydrogen-bond acceptors (Lipinski definition) is 5. The predicted molar refractivity (Wildman–Crippen MR) is 97.2 cm³/mol. The molecule has 0 aliphatic carbocycles. The molecule has 1 aliphatic rings. The molecular formula is C18H24FN3OS. The number of likely N-dealkylation sites (tertiary alicyclic amines) is 1. The maximum atomic E-state index is 13.0. The van der Waals surface area contributed by atoms with Crippen molar-refractivity contribution < 1.29 is 9.13 Å². The van der Waals surface area contributed by atoms with Crippen molar-refractivity contribution in [3.8, 4) is 11.3 Å². The first-order valence-electron chi connectivity index (χ1n) is 8.29. The Hall–Kier alpha value is -1.50. The fourth-order valence-corrected chi connectivity index (χ4v) is 3.95. The van der Waals surface area contributed by atoms with Crippen molar-refractivity contribution in [2.24, 2.45) is 5.92 Å². The Morgan fingerprint density at radius 3 is 2.92 bits per heavy atom. The number of ether oxygens (including phenoxy) is 1. The van der Waals surface area contributed by atoms with Crippen molar-refractivity contribution in [3.63, 3.8) is 0 Å². The van der Waals surface area contributed by atoms with Gasteiger partial charge in [0.15, 0.2) is 5.13 Å². The van der Waals surface area contributed by atoms with Gasteiger partial charge in [0.1, 0.15) is 5.82 Å². The number of halogens is 1. The Balaban J connectivity index is 1.56. The summed E-state index contributed by atoms with van der Waals surface area (Å²) in [7, 11) is 3.85. The minimum absolute atomic E-state index is 0.217. The van der Waals surface area contributed by atoms with E-state index in [2.05, 4.69) is 16.8 Å². The van der Waals surface area contributed by atoms with Crippen LogP contribution in [0.5, 0.6) is 0 Å². The summed E-state index contributed by atoms with van der Waals surface area (Å²) in [6.07, 6.45) is 1.23. The van der Waals surface area contributed by atoms with Crippen molar-refractivity contribution in [3.05, 3.63) is 35.5 Å². The molecule has 0 amide bonds. The minimum Gasteiger partial charge on any atom is -0.383 e. The molecule has 0 radical (unpaired) electrons. The topological polar surface area (TPSA) is 28.6 Å². The molecule has 1 saturated heterocycles. The normalized spacial score (nSPS) is 18.2. The molecule has 4 nitrogen and oxygen atoms in total. The molecule has 1 unspecified atom stereocenters. The lowest BCUT2D eigenvalue weighted by molar-refractivity contribution is 0.159. The van der Waals surface area contributed by atoms with Gasteiger partial charge in [-0.1, -0.05) is 0 Å². The molecule has 0 N–H and O–H groups in total. The standard InChI is InChI=1S/C18H24FN3OS/c1-21(11-14-7-8-22(12-14)9-10-23-2)18-20-17(13-24-18)15-3-5-16(19)6-4-15/h3-6,13-14H,7-12H2,1-2H3. The highest BCUT2D eigenvalue weighted by molar-refractivity contribution is 7.14. The second-order valence-corrected chi connectivity index (χ2v) is 7.19. The van der Waals surface area contributed by atoms with Crippen LogP contribution in [0, 0.1) is 11.7 Å². The molecule has 0 saturated carbocycles. The molecule has 1 atom stereocenters. The van der Waals surface area contributed by atoms with Crippen LogP contribution in [0.4, 0.5) is 9.52 Å². The zero-order valence-electron chi connectivity index (χ0n) is 14.2. The van der Waals surface area contributed by atoms with Gasteiger partial charge in [0.05, 0.1) is 12.3 Å². The van der Waals surface area contributed by atoms with Crippen LogP contribution in [0.2, 0.25) is 0 Å². The van der Waals surface area contributed by atoms with Crippen molar-refractivity contribution in [2.75, 3.05) is 51.8 Å². The van der Waals surface area contributed by atoms with Crippen LogP contribution in [0.25, 0.3) is 11.3 Å². The van der Waals surface area contributed by atoms with Crippen LogP contribution in [0.1, 0.15) is 6.42 Å². The van der Waals surface area contributed by atoms with E-state index in [4.69, 9.17) is 9.72 Å². The van der Waals surface area contributed by atoms with Gasteiger partial charge in [-0.2, -0.15) is 0 Å². The molecule has 1 aromatic heterocycles. The fourth-order valence-electron chi connectivity index (χ4n) is 3.14. The van der Waals surface area contributed by atoms with Gasteiger partial charge in [-0.05, 0) is 43.1 Å². The van der Waals surface area contributed by atoms with E-state index in [0.717, 1.165) is 49.2 Å². The van der Waals surface area contributed by atoms with E-state index in [1.54, 1.807) is 30.6 Å². The summed E-state index contributed by atoms with van der Waals surface area (Å²) in [5.74, 6) is 0.454. The van der Waals surface area contributed by atoms with Gasteiger partial charge < -0.3 is 14.5 Å². The zero-order valence-corrected chi connectivity index (χ0v) is 15.1. The molecule has 1 aliphatic heterocycles. The molecule has 0 bridgehead atoms. The Bertz CT molecular complexity index is 646. The smallest absolute Gasteiger partial charge is 0.185 e. The lowest BCUT2D eigenvalue weighted by atomic mass is 10.1. The molecule has 1 fully saturated rings. The lowest BCUT2D eigenvalue weighted by Gasteiger charge is -2.21. The fraction of sp³-hybridized carbons (Fsp3) is 0.500. The van der Waals surface area contributed by atoms with E-state index in [1.165, 1.54) is 18.6 Å². The van der Waals surface area contributed by atoms with Crippen LogP contribution in [0.3, 0.4) is 0 Å². The summed E-state index contributed by atoms with van der Waals surface area (Å²) in [4.78, 5) is 9.41. The third-order valence-corrected chi connectivity index (χ3v) is 5.43. The van der Waals surface area contributed by atoms with E-state index in [9.17, 15) is 4.39 Å². The molecule has 2 heterocycles. The molecule has 2 aromatic rings. The maximum Gasteiger partial charge on any atom is 0.185 e. The average molecular weight is 349 g/mol. The molecule has 3 rings (SSSR count). The quantitative estimate of drug-likeness (QED) is 0.766. The van der Waals surface area contributed by atoms with Gasteiger partial charge in [-0.25, -0.2) is 9.37 Å². The second kappa shape index (κ2) is 8.05. The summed E-state index contributed by atoms with van der Waals surface area (Å²) in [6, 6.07) is 6.51. The van der Waals surface area contributed by atoms with E-state index in [-0.39, 0.29) is 5.82 Å². The molecule has 1 aromatic carbocycles. The summed E-state index contributed by atoms with van der Waals surface area (Å²) >= 11 is 1.64. The number of anilines is 1. The Kier molecular flexibility index (Phi) is 5.81. The molecular weight excluding hydrogens is 325 g/mol. The third-order valence-electron chi connectivity index (χ3n) is 4.47. The van der Waals surface area contributed by atoms with Crippen LogP contribution in [-0.2, 0) is 4.74 Å². The highest BCUT2D eigenvalue weighted by atomic mass is 32.1. The largest absolute Gasteiger partial charge is 0.383 e. The molecule has 6 heteroatoms. The van der Waals surface area contributed by atoms with E-state index < -0.39 is 0 Å². The van der Waals surface area contributed by atoms with Crippen molar-refractivity contribution in [2.45, 2.75) is 6.42 Å². The number of nitrogens with zero attached hydrogens (tertiary/aromatic N) is 3. The van der Waals surface area contributed by atoms with Gasteiger partial charge in [-0.3, -0.25) is 0 Å². The number of hydrogen-bond donors (Lipinski definition) is 0. The van der Waals surface area contributed by atoms with E-state index in [1.807, 2.05) is 5.38 Å². The molecule has 0 spiro atoms. The summed E-state index contributed by atoms with van der Waals surface area (Å²) in [5.41, 5.74) is 1.87. The molecule has 130 valence electrons. The summed E-state index contributed by atoms with van der Waals surface area (Å²) < 4.78 is 18.2. The van der Waals surface area contributed by atoms with Crippen LogP contribution < -0.4 is 4.90 Å². The summed E-state index contributed by atoms with van der Waals surface area (Å²) in [5, 5.41) is 3.06. The van der Waals surface area contributed by atoms with Crippen LogP contribution in [-0.4, -0.2) is 56.8 Å². The van der Waals surface area contributed by atoms with Gasteiger partial charge in [0, 0.05) is 44.7 Å². The second-order valence-electron chi connectivity index (χ2n) is 6.35. The number of aromatic nitrogens is 1. The predicted octanol–water partition coefficient (Wildman–Crippen LogP) is 3.35. The average Bonchev–Trinajstić information content (AvgIpc) is 3.23. The van der Waals surface area contributed by atoms with Gasteiger partial charge in [-0.15, -0.1) is 11.3 Å². The molecule has 24 heavy (non-hydrogen) atoms. The van der Waals surface area contributed by atoms with E-state index >= 15 is 0 Å². The SMILES string of the molecule is COCCN1CCC(CN(C)c2nc(-c3ccc(F)cc3)cs2)C1. The third kappa shape index (κ3) is 4.32. The minimum atomic E-state index is -0.217. The number of benzene rings is 1. The monoisotopic (exact) mass is 349 g/mol. The van der Waals surface area contributed by atoms with Gasteiger partial charge in [0.25, 0.3) is 0 Å². The Morgan fingerprint density at radius 2 is 2.17 bits per heavy atom. The zero-order chi connectivity index (χ0) is 16.9. The number of rotatable bonds is 7. The lowest BCUT2D eigenvalue weighted by Crippen LogP contribution is -2.29. The summed E-state index contributed by atoms with van der Waals surface area (Å²) in [6.45, 7) is 5.11. The Morgan fingerprint density at radius 1 is 1.38 bits per heavy atom. The number of thiazole rings is 1. The van der Waals surface area contributed by atoms with Gasteiger partial charge in [0.2, 0.25) is 0 Å². The van der Waals surface area contributed by atoms with Crippen molar-refractivity contribution in [1.82, 2.24) is 9.88 Å². The van der Waals surface area contributed by atoms with Crippen LogP contribution >= 0.6 is 11.3 Å². The van der Waals surface area contributed by atoms with Crippen molar-refractivity contribution in [1.29, 1.82) is 0 Å². The van der Waals surface area contributed by atoms with Crippen LogP contribution in [0.15, 0.2) is 29.6 Å².